The second kappa shape index (κ2) is 7.55. The average molecular weight is 403 g/mol. The van der Waals surface area contributed by atoms with Crippen molar-refractivity contribution in [3.63, 3.8) is 0 Å². The van der Waals surface area contributed by atoms with Crippen LogP contribution in [0.25, 0.3) is 10.6 Å². The molecule has 24 heavy (non-hydrogen) atoms. The van der Waals surface area contributed by atoms with Crippen LogP contribution in [0, 0.1) is 0 Å². The van der Waals surface area contributed by atoms with Crippen LogP contribution in [0.2, 0.25) is 0 Å². The van der Waals surface area contributed by atoms with E-state index >= 15 is 0 Å². The number of nitrogens with one attached hydrogen (secondary N) is 2. The van der Waals surface area contributed by atoms with Crippen LogP contribution >= 0.6 is 27.3 Å². The minimum absolute atomic E-state index is 0.299. The van der Waals surface area contributed by atoms with E-state index in [0.717, 1.165) is 26.3 Å². The minimum Gasteiger partial charge on any atom is -0.276 e. The van der Waals surface area contributed by atoms with E-state index in [2.05, 4.69) is 43.6 Å². The van der Waals surface area contributed by atoms with E-state index in [1.807, 2.05) is 36.4 Å². The molecule has 3 rings (SSSR count). The van der Waals surface area contributed by atoms with Gasteiger partial charge in [0.15, 0.2) is 5.69 Å². The fourth-order valence-corrected chi connectivity index (χ4v) is 3.44. The predicted molar refractivity (Wildman–Crippen MR) is 100 cm³/mol. The molecule has 3 aromatic rings. The summed E-state index contributed by atoms with van der Waals surface area (Å²) in [5.74, 6) is -0.352. The molecule has 0 spiro atoms. The molecule has 0 aliphatic carbocycles. The van der Waals surface area contributed by atoms with Crippen molar-refractivity contribution in [2.75, 3.05) is 0 Å². The SMILES string of the molecule is CCc1ccc(/C=N\NC(=O)c2cc(-c3ccc(Br)s3)[nH]n2)cc1. The van der Waals surface area contributed by atoms with Gasteiger partial charge in [0.05, 0.1) is 20.6 Å². The second-order valence-corrected chi connectivity index (χ2v) is 7.53. The van der Waals surface area contributed by atoms with Gasteiger partial charge in [-0.15, -0.1) is 11.3 Å². The van der Waals surface area contributed by atoms with Gasteiger partial charge in [-0.2, -0.15) is 10.2 Å². The molecule has 0 saturated heterocycles. The standard InChI is InChI=1S/C17H15BrN4OS/c1-2-11-3-5-12(6-4-11)10-19-22-17(23)14-9-13(20-21-14)15-7-8-16(18)24-15/h3-10H,2H2,1H3,(H,20,21)(H,22,23)/b19-10-. The average Bonchev–Trinajstić information content (AvgIpc) is 3.24. The molecule has 1 amide bonds. The fourth-order valence-electron chi connectivity index (χ4n) is 2.09. The lowest BCUT2D eigenvalue weighted by atomic mass is 10.1. The molecule has 2 aromatic heterocycles. The first kappa shape index (κ1) is 16.6. The zero-order valence-electron chi connectivity index (χ0n) is 12.9. The van der Waals surface area contributed by atoms with Gasteiger partial charge < -0.3 is 0 Å². The Morgan fingerprint density at radius 2 is 2.12 bits per heavy atom. The topological polar surface area (TPSA) is 70.1 Å². The molecule has 0 aliphatic heterocycles. The van der Waals surface area contributed by atoms with Crippen LogP contribution in [0.15, 0.2) is 51.4 Å². The number of aromatic amines is 1. The third kappa shape index (κ3) is 3.98. The molecule has 2 N–H and O–H groups in total. The highest BCUT2D eigenvalue weighted by Gasteiger charge is 2.11. The number of H-pyrrole nitrogens is 1. The Labute approximate surface area is 151 Å². The maximum atomic E-state index is 12.1. The summed E-state index contributed by atoms with van der Waals surface area (Å²) < 4.78 is 1.02. The zero-order valence-corrected chi connectivity index (χ0v) is 15.3. The van der Waals surface area contributed by atoms with Gasteiger partial charge in [0.25, 0.3) is 5.91 Å². The minimum atomic E-state index is -0.352. The van der Waals surface area contributed by atoms with E-state index in [-0.39, 0.29) is 5.91 Å². The van der Waals surface area contributed by atoms with Gasteiger partial charge in [0.1, 0.15) is 0 Å². The van der Waals surface area contributed by atoms with Crippen molar-refractivity contribution in [1.29, 1.82) is 0 Å². The molecular weight excluding hydrogens is 388 g/mol. The monoisotopic (exact) mass is 402 g/mol. The van der Waals surface area contributed by atoms with Crippen molar-refractivity contribution in [2.24, 2.45) is 5.10 Å². The van der Waals surface area contributed by atoms with Crippen LogP contribution in [-0.2, 0) is 6.42 Å². The number of carbonyl (C=O) groups excluding carboxylic acids is 1. The number of rotatable bonds is 5. The molecule has 7 heteroatoms. The molecule has 0 radical (unpaired) electrons. The van der Waals surface area contributed by atoms with Gasteiger partial charge in [-0.05, 0) is 51.7 Å². The summed E-state index contributed by atoms with van der Waals surface area (Å²) in [5, 5.41) is 10.9. The van der Waals surface area contributed by atoms with Crippen LogP contribution in [0.3, 0.4) is 0 Å². The van der Waals surface area contributed by atoms with Crippen molar-refractivity contribution in [2.45, 2.75) is 13.3 Å². The molecule has 0 fully saturated rings. The van der Waals surface area contributed by atoms with E-state index in [4.69, 9.17) is 0 Å². The van der Waals surface area contributed by atoms with Crippen molar-refractivity contribution in [3.8, 4) is 10.6 Å². The van der Waals surface area contributed by atoms with Crippen LogP contribution in [0.4, 0.5) is 0 Å². The van der Waals surface area contributed by atoms with Gasteiger partial charge in [-0.3, -0.25) is 9.89 Å². The molecule has 2 heterocycles. The van der Waals surface area contributed by atoms with Crippen molar-refractivity contribution < 1.29 is 4.79 Å². The molecule has 0 saturated carbocycles. The first-order chi connectivity index (χ1) is 11.7. The Balaban J connectivity index is 1.62. The summed E-state index contributed by atoms with van der Waals surface area (Å²) in [5.41, 5.74) is 5.78. The lowest BCUT2D eigenvalue weighted by Crippen LogP contribution is -2.17. The largest absolute Gasteiger partial charge is 0.291 e. The number of benzene rings is 1. The van der Waals surface area contributed by atoms with E-state index < -0.39 is 0 Å². The predicted octanol–water partition coefficient (Wildman–Crippen LogP) is 4.23. The highest BCUT2D eigenvalue weighted by Crippen LogP contribution is 2.30. The molecule has 0 aliphatic rings. The van der Waals surface area contributed by atoms with E-state index in [1.165, 1.54) is 5.56 Å². The number of aromatic nitrogens is 2. The van der Waals surface area contributed by atoms with Crippen LogP contribution in [-0.4, -0.2) is 22.3 Å². The Bertz CT molecular complexity index is 867. The summed E-state index contributed by atoms with van der Waals surface area (Å²) in [4.78, 5) is 13.1. The number of aryl methyl sites for hydroxylation is 1. The van der Waals surface area contributed by atoms with Crippen LogP contribution in [0.5, 0.6) is 0 Å². The quantitative estimate of drug-likeness (QED) is 0.495. The van der Waals surface area contributed by atoms with Gasteiger partial charge in [-0.25, -0.2) is 5.43 Å². The van der Waals surface area contributed by atoms with Crippen molar-refractivity contribution in [3.05, 3.63) is 63.1 Å². The smallest absolute Gasteiger partial charge is 0.276 e. The van der Waals surface area contributed by atoms with E-state index in [9.17, 15) is 4.79 Å². The van der Waals surface area contributed by atoms with Crippen molar-refractivity contribution >= 4 is 39.4 Å². The Hall–Kier alpha value is -2.25. The molecular formula is C17H15BrN4OS. The Morgan fingerprint density at radius 1 is 1.33 bits per heavy atom. The molecule has 0 unspecified atom stereocenters. The number of amides is 1. The summed E-state index contributed by atoms with van der Waals surface area (Å²) in [7, 11) is 0. The van der Waals surface area contributed by atoms with Crippen molar-refractivity contribution in [1.82, 2.24) is 15.6 Å². The molecule has 0 atom stereocenters. The number of halogens is 1. The summed E-state index contributed by atoms with van der Waals surface area (Å²) in [6.45, 7) is 2.11. The third-order valence-electron chi connectivity index (χ3n) is 3.42. The maximum absolute atomic E-state index is 12.1. The highest BCUT2D eigenvalue weighted by atomic mass is 79.9. The third-order valence-corrected chi connectivity index (χ3v) is 5.07. The summed E-state index contributed by atoms with van der Waals surface area (Å²) in [6, 6.07) is 13.6. The number of nitrogens with zero attached hydrogens (tertiary/aromatic N) is 2. The first-order valence-electron chi connectivity index (χ1n) is 7.39. The summed E-state index contributed by atoms with van der Waals surface area (Å²) >= 11 is 4.98. The van der Waals surface area contributed by atoms with Gasteiger partial charge in [-0.1, -0.05) is 31.2 Å². The number of hydrogen-bond acceptors (Lipinski definition) is 4. The molecule has 1 aromatic carbocycles. The lowest BCUT2D eigenvalue weighted by Gasteiger charge is -1.97. The number of hydrogen-bond donors (Lipinski definition) is 2. The molecule has 0 bridgehead atoms. The van der Waals surface area contributed by atoms with Crippen LogP contribution < -0.4 is 5.43 Å². The first-order valence-corrected chi connectivity index (χ1v) is 9.00. The van der Waals surface area contributed by atoms with Gasteiger partial charge in [0.2, 0.25) is 0 Å². The lowest BCUT2D eigenvalue weighted by molar-refractivity contribution is 0.0950. The zero-order chi connectivity index (χ0) is 16.9. The number of carbonyl (C=O) groups is 1. The Morgan fingerprint density at radius 3 is 2.79 bits per heavy atom. The van der Waals surface area contributed by atoms with E-state index in [0.29, 0.717) is 5.69 Å². The highest BCUT2D eigenvalue weighted by molar-refractivity contribution is 9.11. The molecule has 5 nitrogen and oxygen atoms in total. The fraction of sp³-hybridized carbons (Fsp3) is 0.118. The summed E-state index contributed by atoms with van der Waals surface area (Å²) in [6.07, 6.45) is 2.61. The van der Waals surface area contributed by atoms with E-state index in [1.54, 1.807) is 23.6 Å². The van der Waals surface area contributed by atoms with Gasteiger partial charge in [0, 0.05) is 0 Å². The normalized spacial score (nSPS) is 11.1. The van der Waals surface area contributed by atoms with Gasteiger partial charge >= 0.3 is 0 Å². The number of thiophene rings is 1. The Kier molecular flexibility index (Phi) is 5.22. The second-order valence-electron chi connectivity index (χ2n) is 5.06. The molecule has 122 valence electrons. The maximum Gasteiger partial charge on any atom is 0.291 e. The number of hydrazone groups is 1. The van der Waals surface area contributed by atoms with Crippen LogP contribution in [0.1, 0.15) is 28.5 Å².